The molecule has 2 heteroatoms. The molecule has 13 heavy (non-hydrogen) atoms. The number of rotatable bonds is 5. The first-order valence-corrected chi connectivity index (χ1v) is 4.44. The van der Waals surface area contributed by atoms with E-state index in [1.165, 1.54) is 0 Å². The van der Waals surface area contributed by atoms with E-state index in [0.717, 1.165) is 24.5 Å². The third-order valence-electron chi connectivity index (χ3n) is 1.45. The lowest BCUT2D eigenvalue weighted by atomic mass is 10.1. The molecule has 0 aromatic heterocycles. The number of unbranched alkanes of at least 4 members (excludes halogenated alkanes) is 1. The van der Waals surface area contributed by atoms with Crippen LogP contribution in [0.25, 0.3) is 0 Å². The summed E-state index contributed by atoms with van der Waals surface area (Å²) in [5.74, 6) is -0.910. The summed E-state index contributed by atoms with van der Waals surface area (Å²) in [4.78, 5) is 10.2. The molecule has 0 aliphatic heterocycles. The fourth-order valence-electron chi connectivity index (χ4n) is 0.863. The fraction of sp³-hybridized carbons (Fsp3) is 0.364. The summed E-state index contributed by atoms with van der Waals surface area (Å²) < 4.78 is 0. The van der Waals surface area contributed by atoms with Crippen molar-refractivity contribution in [1.82, 2.24) is 0 Å². The van der Waals surface area contributed by atoms with Crippen molar-refractivity contribution in [2.24, 2.45) is 0 Å². The zero-order valence-electron chi connectivity index (χ0n) is 8.16. The van der Waals surface area contributed by atoms with Crippen molar-refractivity contribution >= 4 is 5.97 Å². The van der Waals surface area contributed by atoms with Crippen molar-refractivity contribution in [3.05, 3.63) is 36.0 Å². The van der Waals surface area contributed by atoms with Crippen LogP contribution < -0.4 is 0 Å². The summed E-state index contributed by atoms with van der Waals surface area (Å²) in [6.45, 7) is 4.00. The molecular formula is C11H16O2. The zero-order valence-corrected chi connectivity index (χ0v) is 8.16. The lowest BCUT2D eigenvalue weighted by molar-refractivity contribution is -0.131. The molecule has 2 nitrogen and oxygen atoms in total. The number of carboxylic acid groups (broad SMARTS) is 1. The molecule has 0 radical (unpaired) electrons. The molecule has 0 saturated carbocycles. The highest BCUT2D eigenvalue weighted by atomic mass is 16.4. The van der Waals surface area contributed by atoms with Crippen molar-refractivity contribution < 1.29 is 9.90 Å². The standard InChI is InChI=1S/C11H16O2/c1-3-5-7-10(6-4-2)8-9-11(12)13/h4,6-9H,3,5H2,1-2H3,(H,12,13)/b6-4-,9-8+,10-7+. The molecule has 0 unspecified atom stereocenters. The highest BCUT2D eigenvalue weighted by Crippen LogP contribution is 2.03. The van der Waals surface area contributed by atoms with Gasteiger partial charge in [-0.2, -0.15) is 0 Å². The highest BCUT2D eigenvalue weighted by molar-refractivity contribution is 5.80. The van der Waals surface area contributed by atoms with Crippen LogP contribution in [0.15, 0.2) is 36.0 Å². The third kappa shape index (κ3) is 7.06. The Morgan fingerprint density at radius 3 is 2.46 bits per heavy atom. The topological polar surface area (TPSA) is 37.3 Å². The fourth-order valence-corrected chi connectivity index (χ4v) is 0.863. The van der Waals surface area contributed by atoms with Crippen LogP contribution in [0.4, 0.5) is 0 Å². The second-order valence-electron chi connectivity index (χ2n) is 2.66. The Kier molecular flexibility index (Phi) is 6.60. The van der Waals surface area contributed by atoms with Gasteiger partial charge in [0.05, 0.1) is 0 Å². The molecule has 72 valence electrons. The minimum absolute atomic E-state index is 0.910. The van der Waals surface area contributed by atoms with E-state index >= 15 is 0 Å². The van der Waals surface area contributed by atoms with Crippen LogP contribution in [-0.2, 0) is 4.79 Å². The van der Waals surface area contributed by atoms with Gasteiger partial charge in [0.25, 0.3) is 0 Å². The Morgan fingerprint density at radius 1 is 1.31 bits per heavy atom. The van der Waals surface area contributed by atoms with Gasteiger partial charge in [0.2, 0.25) is 0 Å². The number of carboxylic acids is 1. The van der Waals surface area contributed by atoms with Crippen LogP contribution in [-0.4, -0.2) is 11.1 Å². The molecule has 0 aliphatic carbocycles. The Morgan fingerprint density at radius 2 is 2.00 bits per heavy atom. The van der Waals surface area contributed by atoms with Crippen LogP contribution in [0.3, 0.4) is 0 Å². The molecular weight excluding hydrogens is 164 g/mol. The average molecular weight is 180 g/mol. The van der Waals surface area contributed by atoms with Gasteiger partial charge in [-0.15, -0.1) is 0 Å². The van der Waals surface area contributed by atoms with Crippen LogP contribution in [0.2, 0.25) is 0 Å². The molecule has 0 rings (SSSR count). The molecule has 0 fully saturated rings. The van der Waals surface area contributed by atoms with Crippen molar-refractivity contribution in [3.8, 4) is 0 Å². The summed E-state index contributed by atoms with van der Waals surface area (Å²) in [5.41, 5.74) is 0.951. The van der Waals surface area contributed by atoms with Gasteiger partial charge in [-0.05, 0) is 25.0 Å². The van der Waals surface area contributed by atoms with E-state index in [9.17, 15) is 4.79 Å². The molecule has 1 N–H and O–H groups in total. The number of carbonyl (C=O) groups is 1. The second kappa shape index (κ2) is 7.35. The molecule has 0 aliphatic rings. The highest BCUT2D eigenvalue weighted by Gasteiger charge is 1.88. The molecule has 0 bridgehead atoms. The number of allylic oxidation sites excluding steroid dienone is 5. The van der Waals surface area contributed by atoms with Gasteiger partial charge in [-0.3, -0.25) is 0 Å². The third-order valence-corrected chi connectivity index (χ3v) is 1.45. The molecule has 0 aromatic rings. The SMILES string of the molecule is C\C=C/C(/C=C/C(=O)O)=C\CCC. The van der Waals surface area contributed by atoms with Crippen molar-refractivity contribution in [2.45, 2.75) is 26.7 Å². The average Bonchev–Trinajstić information content (AvgIpc) is 2.09. The number of hydrogen-bond donors (Lipinski definition) is 1. The molecule has 0 heterocycles. The molecule has 0 spiro atoms. The van der Waals surface area contributed by atoms with Gasteiger partial charge in [0.15, 0.2) is 0 Å². The summed E-state index contributed by atoms with van der Waals surface area (Å²) in [6, 6.07) is 0. The Bertz CT molecular complexity index is 234. The summed E-state index contributed by atoms with van der Waals surface area (Å²) >= 11 is 0. The van der Waals surface area contributed by atoms with Gasteiger partial charge < -0.3 is 5.11 Å². The number of aliphatic carboxylic acids is 1. The van der Waals surface area contributed by atoms with Crippen molar-refractivity contribution in [3.63, 3.8) is 0 Å². The smallest absolute Gasteiger partial charge is 0.328 e. The van der Waals surface area contributed by atoms with Gasteiger partial charge in [0, 0.05) is 6.08 Å². The van der Waals surface area contributed by atoms with Gasteiger partial charge in [-0.1, -0.05) is 31.6 Å². The maximum Gasteiger partial charge on any atom is 0.328 e. The molecule has 0 saturated heterocycles. The van der Waals surface area contributed by atoms with Gasteiger partial charge >= 0.3 is 5.97 Å². The van der Waals surface area contributed by atoms with E-state index in [1.54, 1.807) is 6.08 Å². The van der Waals surface area contributed by atoms with Crippen LogP contribution >= 0.6 is 0 Å². The van der Waals surface area contributed by atoms with E-state index in [0.29, 0.717) is 0 Å². The maximum atomic E-state index is 10.2. The second-order valence-corrected chi connectivity index (χ2v) is 2.66. The summed E-state index contributed by atoms with van der Waals surface area (Å²) in [7, 11) is 0. The molecule has 0 aromatic carbocycles. The van der Waals surface area contributed by atoms with E-state index in [2.05, 4.69) is 6.92 Å². The predicted octanol–water partition coefficient (Wildman–Crippen LogP) is 2.93. The van der Waals surface area contributed by atoms with Gasteiger partial charge in [0.1, 0.15) is 0 Å². The number of hydrogen-bond acceptors (Lipinski definition) is 1. The first kappa shape index (κ1) is 11.7. The predicted molar refractivity (Wildman–Crippen MR) is 54.6 cm³/mol. The van der Waals surface area contributed by atoms with E-state index < -0.39 is 5.97 Å². The Balaban J connectivity index is 4.33. The van der Waals surface area contributed by atoms with E-state index in [1.807, 2.05) is 25.2 Å². The van der Waals surface area contributed by atoms with Crippen LogP contribution in [0.5, 0.6) is 0 Å². The molecule has 0 atom stereocenters. The lowest BCUT2D eigenvalue weighted by Gasteiger charge is -1.92. The van der Waals surface area contributed by atoms with Crippen LogP contribution in [0.1, 0.15) is 26.7 Å². The Hall–Kier alpha value is -1.31. The summed E-state index contributed by atoms with van der Waals surface area (Å²) in [6.07, 6.45) is 10.6. The minimum Gasteiger partial charge on any atom is -0.478 e. The van der Waals surface area contributed by atoms with Crippen molar-refractivity contribution in [1.29, 1.82) is 0 Å². The van der Waals surface area contributed by atoms with E-state index in [-0.39, 0.29) is 0 Å². The summed E-state index contributed by atoms with van der Waals surface area (Å²) in [5, 5.41) is 8.42. The lowest BCUT2D eigenvalue weighted by Crippen LogP contribution is -1.86. The first-order valence-electron chi connectivity index (χ1n) is 4.44. The minimum atomic E-state index is -0.910. The zero-order chi connectivity index (χ0) is 10.1. The monoisotopic (exact) mass is 180 g/mol. The Labute approximate surface area is 79.3 Å². The van der Waals surface area contributed by atoms with Gasteiger partial charge in [-0.25, -0.2) is 4.79 Å². The first-order chi connectivity index (χ1) is 6.20. The van der Waals surface area contributed by atoms with E-state index in [4.69, 9.17) is 5.11 Å². The van der Waals surface area contributed by atoms with Crippen LogP contribution in [0, 0.1) is 0 Å². The normalized spacial score (nSPS) is 12.9. The quantitative estimate of drug-likeness (QED) is 0.521. The molecule has 0 amide bonds. The maximum absolute atomic E-state index is 10.2. The largest absolute Gasteiger partial charge is 0.478 e. The van der Waals surface area contributed by atoms with Crippen molar-refractivity contribution in [2.75, 3.05) is 0 Å².